The van der Waals surface area contributed by atoms with Crippen LogP contribution in [0.15, 0.2) is 48.6 Å². The Balaban J connectivity index is 0. The van der Waals surface area contributed by atoms with E-state index in [-0.39, 0.29) is 0 Å². The fourth-order valence-corrected chi connectivity index (χ4v) is 0.786. The molecule has 16 heavy (non-hydrogen) atoms. The van der Waals surface area contributed by atoms with Crippen LogP contribution >= 0.6 is 0 Å². The summed E-state index contributed by atoms with van der Waals surface area (Å²) in [5.74, 6) is 0. The molecule has 0 unspecified atom stereocenters. The Labute approximate surface area is 96.0 Å². The van der Waals surface area contributed by atoms with Gasteiger partial charge in [0.1, 0.15) is 6.79 Å². The van der Waals surface area contributed by atoms with Crippen LogP contribution in [0.25, 0.3) is 0 Å². The molecule has 2 aliphatic rings. The molecule has 4 nitrogen and oxygen atoms in total. The second-order valence-corrected chi connectivity index (χ2v) is 2.59. The van der Waals surface area contributed by atoms with Gasteiger partial charge in [0.2, 0.25) is 0 Å². The molecule has 0 aromatic heterocycles. The van der Waals surface area contributed by atoms with Crippen molar-refractivity contribution in [3.05, 3.63) is 48.6 Å². The van der Waals surface area contributed by atoms with Crippen LogP contribution in [0.5, 0.6) is 0 Å². The average molecular weight is 222 g/mol. The minimum atomic E-state index is -0.833. The Hall–Kier alpha value is -2.10. The molecule has 0 heterocycles. The number of hydrogen-bond acceptors (Lipinski definition) is 2. The summed E-state index contributed by atoms with van der Waals surface area (Å²) in [4.78, 5) is 17.0. The van der Waals surface area contributed by atoms with Crippen molar-refractivity contribution in [2.45, 2.75) is 12.8 Å². The van der Waals surface area contributed by atoms with Gasteiger partial charge in [0.05, 0.1) is 0 Å². The monoisotopic (exact) mass is 222 g/mol. The number of primary amides is 2. The van der Waals surface area contributed by atoms with E-state index >= 15 is 0 Å². The number of urea groups is 1. The first-order valence-corrected chi connectivity index (χ1v) is 4.70. The van der Waals surface area contributed by atoms with Crippen LogP contribution in [0.1, 0.15) is 12.8 Å². The number of allylic oxidation sites excluding steroid dienone is 8. The third kappa shape index (κ3) is 22.7. The second kappa shape index (κ2) is 15.4. The van der Waals surface area contributed by atoms with Crippen molar-refractivity contribution in [2.24, 2.45) is 11.5 Å². The molecular formula is C12H18N2O2. The van der Waals surface area contributed by atoms with Gasteiger partial charge in [-0.05, 0) is 12.8 Å². The van der Waals surface area contributed by atoms with Gasteiger partial charge >= 0.3 is 6.03 Å². The number of carbonyl (C=O) groups is 2. The summed E-state index contributed by atoms with van der Waals surface area (Å²) in [5.41, 5.74) is 8.50. The molecule has 0 spiro atoms. The number of nitrogens with two attached hydrogens (primary N) is 2. The summed E-state index contributed by atoms with van der Waals surface area (Å²) in [7, 11) is 0. The van der Waals surface area contributed by atoms with Crippen molar-refractivity contribution in [3.8, 4) is 0 Å². The first-order chi connectivity index (χ1) is 7.73. The van der Waals surface area contributed by atoms with E-state index in [4.69, 9.17) is 9.59 Å². The first kappa shape index (κ1) is 16.3. The minimum absolute atomic E-state index is 0.833. The Morgan fingerprint density at radius 3 is 1.06 bits per heavy atom. The predicted molar refractivity (Wildman–Crippen MR) is 66.7 cm³/mol. The van der Waals surface area contributed by atoms with Crippen LogP contribution in [0, 0.1) is 0 Å². The highest BCUT2D eigenvalue weighted by Gasteiger charge is 1.72. The Kier molecular flexibility index (Phi) is 15.7. The molecule has 2 aliphatic carbocycles. The van der Waals surface area contributed by atoms with Crippen molar-refractivity contribution in [1.29, 1.82) is 0 Å². The van der Waals surface area contributed by atoms with Crippen LogP contribution in [-0.2, 0) is 4.79 Å². The van der Waals surface area contributed by atoms with Gasteiger partial charge in [-0.1, -0.05) is 48.6 Å². The maximum absolute atomic E-state index is 9.00. The Bertz CT molecular complexity index is 233. The van der Waals surface area contributed by atoms with E-state index < -0.39 is 6.03 Å². The second-order valence-electron chi connectivity index (χ2n) is 2.59. The minimum Gasteiger partial charge on any atom is -0.352 e. The van der Waals surface area contributed by atoms with Crippen molar-refractivity contribution in [3.63, 3.8) is 0 Å². The van der Waals surface area contributed by atoms with Crippen molar-refractivity contribution >= 4 is 12.8 Å². The van der Waals surface area contributed by atoms with Crippen molar-refractivity contribution in [1.82, 2.24) is 0 Å². The van der Waals surface area contributed by atoms with Gasteiger partial charge in [0.25, 0.3) is 0 Å². The van der Waals surface area contributed by atoms with E-state index in [0.29, 0.717) is 0 Å². The molecule has 4 heteroatoms. The Morgan fingerprint density at radius 1 is 0.812 bits per heavy atom. The largest absolute Gasteiger partial charge is 0.352 e. The summed E-state index contributed by atoms with van der Waals surface area (Å²) >= 11 is 0. The van der Waals surface area contributed by atoms with Crippen LogP contribution in [0.4, 0.5) is 4.79 Å². The molecule has 0 fully saturated rings. The standard InChI is InChI=1S/2C5H6.CH4N2O.CH2O/c2*1-2-4-5-3-1;2-1(3)4;1-2/h2*1-4H,5H2;(H4,2,3,4);1H2. The molecule has 0 radical (unpaired) electrons. The van der Waals surface area contributed by atoms with Crippen LogP contribution in [0.3, 0.4) is 0 Å². The maximum Gasteiger partial charge on any atom is 0.309 e. The van der Waals surface area contributed by atoms with E-state index in [1.807, 2.05) is 6.79 Å². The molecule has 2 amide bonds. The molecule has 0 aliphatic heterocycles. The molecule has 88 valence electrons. The molecule has 0 saturated heterocycles. The third-order valence-corrected chi connectivity index (χ3v) is 1.31. The van der Waals surface area contributed by atoms with Crippen molar-refractivity contribution < 1.29 is 9.59 Å². The fraction of sp³-hybridized carbons (Fsp3) is 0.167. The SMILES string of the molecule is C1=CCC=C1.C1=CCC=C1.C=O.NC(N)=O. The molecule has 0 aromatic rings. The number of rotatable bonds is 0. The highest BCUT2D eigenvalue weighted by Crippen LogP contribution is 1.93. The molecule has 0 bridgehead atoms. The van der Waals surface area contributed by atoms with Crippen LogP contribution < -0.4 is 11.5 Å². The predicted octanol–water partition coefficient (Wildman–Crippen LogP) is 1.84. The third-order valence-electron chi connectivity index (χ3n) is 1.31. The zero-order chi connectivity index (χ0) is 12.6. The highest BCUT2D eigenvalue weighted by atomic mass is 16.2. The zero-order valence-corrected chi connectivity index (χ0v) is 9.21. The average Bonchev–Trinajstić information content (AvgIpc) is 2.99. The lowest BCUT2D eigenvalue weighted by atomic mass is 10.5. The summed E-state index contributed by atoms with van der Waals surface area (Å²) in [6, 6.07) is -0.833. The van der Waals surface area contributed by atoms with E-state index in [2.05, 4.69) is 60.1 Å². The summed E-state index contributed by atoms with van der Waals surface area (Å²) < 4.78 is 0. The number of carbonyl (C=O) groups excluding carboxylic acids is 2. The van der Waals surface area contributed by atoms with Gasteiger partial charge in [-0.2, -0.15) is 0 Å². The summed E-state index contributed by atoms with van der Waals surface area (Å²) in [6.45, 7) is 2.00. The number of amides is 2. The summed E-state index contributed by atoms with van der Waals surface area (Å²) in [5, 5.41) is 0. The number of hydrogen-bond donors (Lipinski definition) is 2. The molecular weight excluding hydrogens is 204 g/mol. The lowest BCUT2D eigenvalue weighted by molar-refractivity contribution is -0.0979. The molecule has 0 aromatic carbocycles. The van der Waals surface area contributed by atoms with E-state index in [9.17, 15) is 0 Å². The van der Waals surface area contributed by atoms with Gasteiger partial charge in [-0.15, -0.1) is 0 Å². The van der Waals surface area contributed by atoms with Gasteiger partial charge < -0.3 is 16.3 Å². The van der Waals surface area contributed by atoms with Gasteiger partial charge in [0, 0.05) is 0 Å². The smallest absolute Gasteiger partial charge is 0.309 e. The van der Waals surface area contributed by atoms with Crippen molar-refractivity contribution in [2.75, 3.05) is 0 Å². The Morgan fingerprint density at radius 2 is 1.00 bits per heavy atom. The van der Waals surface area contributed by atoms with Crippen LogP contribution in [0.2, 0.25) is 0 Å². The van der Waals surface area contributed by atoms with E-state index in [1.165, 1.54) is 0 Å². The zero-order valence-electron chi connectivity index (χ0n) is 9.21. The van der Waals surface area contributed by atoms with Gasteiger partial charge in [0.15, 0.2) is 0 Å². The van der Waals surface area contributed by atoms with Crippen LogP contribution in [-0.4, -0.2) is 12.8 Å². The summed E-state index contributed by atoms with van der Waals surface area (Å²) in [6.07, 6.45) is 19.0. The topological polar surface area (TPSA) is 86.2 Å². The normalized spacial score (nSPS) is 12.8. The molecule has 2 rings (SSSR count). The highest BCUT2D eigenvalue weighted by molar-refractivity contribution is 5.69. The lowest BCUT2D eigenvalue weighted by Crippen LogP contribution is -2.18. The molecule has 4 N–H and O–H groups in total. The van der Waals surface area contributed by atoms with Gasteiger partial charge in [-0.3, -0.25) is 0 Å². The maximum atomic E-state index is 9.00. The van der Waals surface area contributed by atoms with E-state index in [1.54, 1.807) is 0 Å². The van der Waals surface area contributed by atoms with E-state index in [0.717, 1.165) is 12.8 Å². The first-order valence-electron chi connectivity index (χ1n) is 4.70. The molecule has 0 saturated carbocycles. The lowest BCUT2D eigenvalue weighted by Gasteiger charge is -1.62. The quantitative estimate of drug-likeness (QED) is 0.655. The van der Waals surface area contributed by atoms with Gasteiger partial charge in [-0.25, -0.2) is 4.79 Å². The fourth-order valence-electron chi connectivity index (χ4n) is 0.786. The molecule has 0 atom stereocenters.